The molecule has 17 heavy (non-hydrogen) atoms. The molecule has 6 nitrogen and oxygen atoms in total. The summed E-state index contributed by atoms with van der Waals surface area (Å²) in [5.74, 6) is 1.15. The number of hydrogen-bond acceptors (Lipinski definition) is 6. The molecule has 1 heterocycles. The summed E-state index contributed by atoms with van der Waals surface area (Å²) < 4.78 is 15.7. The zero-order valence-corrected chi connectivity index (χ0v) is 10.5. The van der Waals surface area contributed by atoms with Gasteiger partial charge in [0.25, 0.3) is 0 Å². The lowest BCUT2D eigenvalue weighted by Gasteiger charge is -2.10. The van der Waals surface area contributed by atoms with E-state index in [4.69, 9.17) is 19.9 Å². The Morgan fingerprint density at radius 1 is 1.24 bits per heavy atom. The fourth-order valence-electron chi connectivity index (χ4n) is 1.16. The predicted octanol–water partition coefficient (Wildman–Crippen LogP) is 1.12. The third-order valence-electron chi connectivity index (χ3n) is 1.92. The first-order valence-corrected chi connectivity index (χ1v) is 5.50. The molecule has 0 amide bonds. The minimum absolute atomic E-state index is 0.304. The van der Waals surface area contributed by atoms with Crippen LogP contribution in [0.3, 0.4) is 0 Å². The lowest BCUT2D eigenvalue weighted by Crippen LogP contribution is -2.12. The standard InChI is InChI=1S/C11H19N3O3/c1-8(2)6-16-4-5-17-11-9(12)10(15-3)13-7-14-11/h7-8H,4-6,12H2,1-3H3. The Labute approximate surface area is 101 Å². The smallest absolute Gasteiger partial charge is 0.244 e. The van der Waals surface area contributed by atoms with Crippen LogP contribution in [0.5, 0.6) is 11.8 Å². The summed E-state index contributed by atoms with van der Waals surface area (Å²) in [6, 6.07) is 0. The van der Waals surface area contributed by atoms with Crippen LogP contribution in [-0.2, 0) is 4.74 Å². The van der Waals surface area contributed by atoms with Crippen molar-refractivity contribution in [2.24, 2.45) is 5.92 Å². The van der Waals surface area contributed by atoms with Gasteiger partial charge in [-0.05, 0) is 5.92 Å². The van der Waals surface area contributed by atoms with Crippen molar-refractivity contribution >= 4 is 5.69 Å². The van der Waals surface area contributed by atoms with Crippen LogP contribution in [0.4, 0.5) is 5.69 Å². The van der Waals surface area contributed by atoms with Gasteiger partial charge in [-0.2, -0.15) is 9.97 Å². The normalized spacial score (nSPS) is 10.6. The van der Waals surface area contributed by atoms with Crippen LogP contribution in [-0.4, -0.2) is 36.9 Å². The molecule has 0 radical (unpaired) electrons. The van der Waals surface area contributed by atoms with E-state index in [1.54, 1.807) is 0 Å². The van der Waals surface area contributed by atoms with E-state index in [1.165, 1.54) is 13.4 Å². The van der Waals surface area contributed by atoms with Gasteiger partial charge in [-0.25, -0.2) is 0 Å². The first-order chi connectivity index (χ1) is 8.15. The molecule has 96 valence electrons. The lowest BCUT2D eigenvalue weighted by molar-refractivity contribution is 0.0807. The summed E-state index contributed by atoms with van der Waals surface area (Å²) >= 11 is 0. The zero-order valence-electron chi connectivity index (χ0n) is 10.5. The number of aromatic nitrogens is 2. The Kier molecular flexibility index (Phi) is 5.48. The minimum Gasteiger partial charge on any atom is -0.479 e. The van der Waals surface area contributed by atoms with Crippen molar-refractivity contribution in [1.82, 2.24) is 9.97 Å². The summed E-state index contributed by atoms with van der Waals surface area (Å²) in [6.07, 6.45) is 1.35. The van der Waals surface area contributed by atoms with E-state index in [-0.39, 0.29) is 0 Å². The first-order valence-electron chi connectivity index (χ1n) is 5.50. The van der Waals surface area contributed by atoms with Crippen molar-refractivity contribution in [2.45, 2.75) is 13.8 Å². The number of nitrogens with two attached hydrogens (primary N) is 1. The Morgan fingerprint density at radius 3 is 2.59 bits per heavy atom. The third-order valence-corrected chi connectivity index (χ3v) is 1.92. The van der Waals surface area contributed by atoms with E-state index in [9.17, 15) is 0 Å². The average molecular weight is 241 g/mol. The summed E-state index contributed by atoms with van der Waals surface area (Å²) in [7, 11) is 1.49. The van der Waals surface area contributed by atoms with E-state index in [0.29, 0.717) is 43.2 Å². The predicted molar refractivity (Wildman–Crippen MR) is 64.1 cm³/mol. The number of nitrogen functional groups attached to an aromatic ring is 1. The largest absolute Gasteiger partial charge is 0.479 e. The van der Waals surface area contributed by atoms with Crippen LogP contribution in [0.2, 0.25) is 0 Å². The quantitative estimate of drug-likeness (QED) is 0.720. The monoisotopic (exact) mass is 241 g/mol. The SMILES string of the molecule is COc1ncnc(OCCOCC(C)C)c1N. The molecule has 0 aliphatic rings. The summed E-state index contributed by atoms with van der Waals surface area (Å²) in [6.45, 7) is 5.80. The van der Waals surface area contributed by atoms with Gasteiger partial charge in [-0.1, -0.05) is 13.8 Å². The van der Waals surface area contributed by atoms with Gasteiger partial charge in [0.2, 0.25) is 11.8 Å². The number of rotatable bonds is 7. The first kappa shape index (κ1) is 13.5. The van der Waals surface area contributed by atoms with Crippen molar-refractivity contribution < 1.29 is 14.2 Å². The molecule has 0 saturated heterocycles. The van der Waals surface area contributed by atoms with Gasteiger partial charge in [-0.3, -0.25) is 0 Å². The minimum atomic E-state index is 0.304. The van der Waals surface area contributed by atoms with E-state index >= 15 is 0 Å². The van der Waals surface area contributed by atoms with Gasteiger partial charge >= 0.3 is 0 Å². The van der Waals surface area contributed by atoms with E-state index < -0.39 is 0 Å². The molecule has 0 aliphatic carbocycles. The fraction of sp³-hybridized carbons (Fsp3) is 0.636. The molecule has 0 aliphatic heterocycles. The van der Waals surface area contributed by atoms with Crippen molar-refractivity contribution in [3.05, 3.63) is 6.33 Å². The summed E-state index contributed by atoms with van der Waals surface area (Å²) in [5, 5.41) is 0. The Hall–Kier alpha value is -1.56. The molecule has 1 rings (SSSR count). The summed E-state index contributed by atoms with van der Waals surface area (Å²) in [4.78, 5) is 7.78. The highest BCUT2D eigenvalue weighted by atomic mass is 16.5. The second kappa shape index (κ2) is 6.90. The molecule has 6 heteroatoms. The van der Waals surface area contributed by atoms with Gasteiger partial charge in [0.05, 0.1) is 13.7 Å². The molecule has 2 N–H and O–H groups in total. The second-order valence-electron chi connectivity index (χ2n) is 3.92. The lowest BCUT2D eigenvalue weighted by atomic mass is 10.2. The Bertz CT molecular complexity index is 345. The summed E-state index contributed by atoms with van der Waals surface area (Å²) in [5.41, 5.74) is 6.05. The van der Waals surface area contributed by atoms with E-state index in [1.807, 2.05) is 0 Å². The highest BCUT2D eigenvalue weighted by Crippen LogP contribution is 2.25. The maximum Gasteiger partial charge on any atom is 0.244 e. The highest BCUT2D eigenvalue weighted by molar-refractivity contribution is 5.55. The van der Waals surface area contributed by atoms with Crippen LogP contribution in [0, 0.1) is 5.92 Å². The number of anilines is 1. The number of methoxy groups -OCH3 is 1. The molecule has 0 saturated carbocycles. The van der Waals surface area contributed by atoms with Crippen LogP contribution in [0.15, 0.2) is 6.33 Å². The van der Waals surface area contributed by atoms with Crippen LogP contribution < -0.4 is 15.2 Å². The van der Waals surface area contributed by atoms with E-state index in [0.717, 1.165) is 0 Å². The van der Waals surface area contributed by atoms with Gasteiger partial charge < -0.3 is 19.9 Å². The van der Waals surface area contributed by atoms with Crippen LogP contribution >= 0.6 is 0 Å². The van der Waals surface area contributed by atoms with Crippen LogP contribution in [0.1, 0.15) is 13.8 Å². The Morgan fingerprint density at radius 2 is 1.94 bits per heavy atom. The maximum atomic E-state index is 5.74. The second-order valence-corrected chi connectivity index (χ2v) is 3.92. The van der Waals surface area contributed by atoms with Crippen molar-refractivity contribution in [3.63, 3.8) is 0 Å². The number of hydrogen-bond donors (Lipinski definition) is 1. The zero-order chi connectivity index (χ0) is 12.7. The van der Waals surface area contributed by atoms with E-state index in [2.05, 4.69) is 23.8 Å². The molecule has 0 unspecified atom stereocenters. The highest BCUT2D eigenvalue weighted by Gasteiger charge is 2.09. The molecule has 1 aromatic heterocycles. The molecule has 0 atom stereocenters. The molecule has 0 spiro atoms. The maximum absolute atomic E-state index is 5.74. The molecule has 0 aromatic carbocycles. The number of ether oxygens (including phenoxy) is 3. The van der Waals surface area contributed by atoms with Crippen molar-refractivity contribution in [3.8, 4) is 11.8 Å². The topological polar surface area (TPSA) is 79.5 Å². The van der Waals surface area contributed by atoms with Gasteiger partial charge in [0.1, 0.15) is 12.9 Å². The van der Waals surface area contributed by atoms with Crippen molar-refractivity contribution in [1.29, 1.82) is 0 Å². The third kappa shape index (κ3) is 4.44. The van der Waals surface area contributed by atoms with Gasteiger partial charge in [0, 0.05) is 6.61 Å². The molecule has 0 fully saturated rings. The van der Waals surface area contributed by atoms with Crippen molar-refractivity contribution in [2.75, 3.05) is 32.7 Å². The molecule has 0 bridgehead atoms. The molecular formula is C11H19N3O3. The number of nitrogens with zero attached hydrogens (tertiary/aromatic N) is 2. The fourth-order valence-corrected chi connectivity index (χ4v) is 1.16. The van der Waals surface area contributed by atoms with Gasteiger partial charge in [0.15, 0.2) is 5.69 Å². The molecule has 1 aromatic rings. The average Bonchev–Trinajstić information content (AvgIpc) is 2.30. The Balaban J connectivity index is 2.36. The van der Waals surface area contributed by atoms with Gasteiger partial charge in [-0.15, -0.1) is 0 Å². The van der Waals surface area contributed by atoms with Crippen LogP contribution in [0.25, 0.3) is 0 Å². The molecular weight excluding hydrogens is 222 g/mol.